The van der Waals surface area contributed by atoms with Gasteiger partial charge < -0.3 is 10.2 Å². The van der Waals surface area contributed by atoms with Crippen LogP contribution in [0, 0.1) is 11.6 Å². The summed E-state index contributed by atoms with van der Waals surface area (Å²) < 4.78 is 32.9. The molecular weight excluding hydrogens is 236 g/mol. The molecule has 0 aliphatic rings. The predicted molar refractivity (Wildman–Crippen MR) is 65.2 cm³/mol. The lowest BCUT2D eigenvalue weighted by molar-refractivity contribution is 0.381. The van der Waals surface area contributed by atoms with E-state index in [1.807, 2.05) is 0 Å². The molecule has 0 bridgehead atoms. The average molecular weight is 251 g/mol. The van der Waals surface area contributed by atoms with Crippen molar-refractivity contribution in [3.8, 4) is 0 Å². The second-order valence-electron chi connectivity index (χ2n) is 4.62. The van der Waals surface area contributed by atoms with Crippen LogP contribution in [0.1, 0.15) is 18.2 Å². The van der Waals surface area contributed by atoms with Crippen LogP contribution in [0.25, 0.3) is 0 Å². The Morgan fingerprint density at radius 3 is 2.33 bits per heavy atom. The first kappa shape index (κ1) is 12.8. The molecule has 2 N–H and O–H groups in total. The van der Waals surface area contributed by atoms with Gasteiger partial charge in [0.05, 0.1) is 6.26 Å². The van der Waals surface area contributed by atoms with E-state index in [9.17, 15) is 8.78 Å². The van der Waals surface area contributed by atoms with Gasteiger partial charge in [-0.05, 0) is 24.3 Å². The molecule has 0 saturated carbocycles. The predicted octanol–water partition coefficient (Wildman–Crippen LogP) is 3.02. The van der Waals surface area contributed by atoms with Gasteiger partial charge in [0.25, 0.3) is 0 Å². The molecule has 96 valence electrons. The first-order valence-corrected chi connectivity index (χ1v) is 5.74. The number of hydrogen-bond donors (Lipinski definition) is 1. The maximum atomic E-state index is 13.8. The molecular formula is C14H15F2NO. The Morgan fingerprint density at radius 2 is 1.83 bits per heavy atom. The number of hydrogen-bond acceptors (Lipinski definition) is 2. The molecule has 1 aromatic carbocycles. The zero-order chi connectivity index (χ0) is 13.2. The van der Waals surface area contributed by atoms with Crippen LogP contribution >= 0.6 is 0 Å². The Hall–Kier alpha value is -1.68. The summed E-state index contributed by atoms with van der Waals surface area (Å²) >= 11 is 0. The zero-order valence-corrected chi connectivity index (χ0v) is 10.1. The van der Waals surface area contributed by atoms with Gasteiger partial charge in [0, 0.05) is 23.9 Å². The van der Waals surface area contributed by atoms with Gasteiger partial charge in [-0.2, -0.15) is 0 Å². The van der Waals surface area contributed by atoms with E-state index in [1.165, 1.54) is 24.5 Å². The molecule has 1 heterocycles. The first-order valence-electron chi connectivity index (χ1n) is 5.74. The monoisotopic (exact) mass is 251 g/mol. The lowest BCUT2D eigenvalue weighted by Gasteiger charge is -2.28. The molecule has 0 spiro atoms. The molecule has 4 heteroatoms. The largest absolute Gasteiger partial charge is 0.469 e. The van der Waals surface area contributed by atoms with Crippen LogP contribution in [0.5, 0.6) is 0 Å². The maximum Gasteiger partial charge on any atom is 0.129 e. The van der Waals surface area contributed by atoms with Gasteiger partial charge in [-0.1, -0.05) is 13.0 Å². The van der Waals surface area contributed by atoms with Crippen molar-refractivity contribution in [1.29, 1.82) is 0 Å². The molecule has 2 rings (SSSR count). The van der Waals surface area contributed by atoms with Crippen LogP contribution < -0.4 is 5.73 Å². The highest BCUT2D eigenvalue weighted by Gasteiger charge is 2.32. The number of benzene rings is 1. The summed E-state index contributed by atoms with van der Waals surface area (Å²) in [6.07, 6.45) is 1.89. The summed E-state index contributed by atoms with van der Waals surface area (Å²) in [6, 6.07) is 7.34. The van der Waals surface area contributed by atoms with E-state index < -0.39 is 17.0 Å². The molecule has 0 fully saturated rings. The number of halogens is 2. The molecule has 1 atom stereocenters. The fourth-order valence-corrected chi connectivity index (χ4v) is 2.13. The maximum absolute atomic E-state index is 13.8. The molecule has 0 saturated heterocycles. The van der Waals surface area contributed by atoms with E-state index in [2.05, 4.69) is 0 Å². The Kier molecular flexibility index (Phi) is 3.48. The van der Waals surface area contributed by atoms with Crippen LogP contribution in [-0.2, 0) is 11.8 Å². The third-order valence-electron chi connectivity index (χ3n) is 3.16. The molecule has 0 amide bonds. The quantitative estimate of drug-likeness (QED) is 0.907. The van der Waals surface area contributed by atoms with Crippen LogP contribution in [0.15, 0.2) is 41.0 Å². The Bertz CT molecular complexity index is 504. The highest BCUT2D eigenvalue weighted by atomic mass is 19.1. The molecule has 18 heavy (non-hydrogen) atoms. The third-order valence-corrected chi connectivity index (χ3v) is 3.16. The van der Waals surface area contributed by atoms with Crippen molar-refractivity contribution >= 4 is 0 Å². The smallest absolute Gasteiger partial charge is 0.129 e. The Balaban J connectivity index is 2.43. The fourth-order valence-electron chi connectivity index (χ4n) is 2.13. The third kappa shape index (κ3) is 2.29. The van der Waals surface area contributed by atoms with Crippen molar-refractivity contribution in [3.05, 3.63) is 59.6 Å². The van der Waals surface area contributed by atoms with E-state index in [0.29, 0.717) is 12.2 Å². The van der Waals surface area contributed by atoms with Crippen molar-refractivity contribution in [2.24, 2.45) is 5.73 Å². The topological polar surface area (TPSA) is 39.2 Å². The second kappa shape index (κ2) is 4.90. The van der Waals surface area contributed by atoms with E-state index in [0.717, 1.165) is 0 Å². The van der Waals surface area contributed by atoms with E-state index >= 15 is 0 Å². The van der Waals surface area contributed by atoms with Gasteiger partial charge >= 0.3 is 0 Å². The molecule has 2 aromatic rings. The van der Waals surface area contributed by atoms with Crippen molar-refractivity contribution in [2.75, 3.05) is 6.54 Å². The minimum Gasteiger partial charge on any atom is -0.469 e. The highest BCUT2D eigenvalue weighted by Crippen LogP contribution is 2.31. The van der Waals surface area contributed by atoms with Crippen molar-refractivity contribution in [2.45, 2.75) is 18.8 Å². The minimum absolute atomic E-state index is 0.0175. The van der Waals surface area contributed by atoms with Crippen LogP contribution in [0.2, 0.25) is 0 Å². The lowest BCUT2D eigenvalue weighted by atomic mass is 9.78. The average Bonchev–Trinajstić information content (AvgIpc) is 2.81. The van der Waals surface area contributed by atoms with Crippen molar-refractivity contribution in [3.63, 3.8) is 0 Å². The normalized spacial score (nSPS) is 14.4. The summed E-state index contributed by atoms with van der Waals surface area (Å²) in [7, 11) is 0. The summed E-state index contributed by atoms with van der Waals surface area (Å²) in [5.74, 6) is -0.491. The van der Waals surface area contributed by atoms with E-state index in [4.69, 9.17) is 10.2 Å². The lowest BCUT2D eigenvalue weighted by Crippen LogP contribution is -2.36. The van der Waals surface area contributed by atoms with Gasteiger partial charge in [-0.15, -0.1) is 0 Å². The zero-order valence-electron chi connectivity index (χ0n) is 10.1. The van der Waals surface area contributed by atoms with Gasteiger partial charge in [-0.3, -0.25) is 0 Å². The van der Waals surface area contributed by atoms with E-state index in [-0.39, 0.29) is 12.1 Å². The summed E-state index contributed by atoms with van der Waals surface area (Å²) in [5.41, 5.74) is 4.91. The number of furan rings is 1. The van der Waals surface area contributed by atoms with Crippen LogP contribution in [0.3, 0.4) is 0 Å². The molecule has 1 unspecified atom stereocenters. The van der Waals surface area contributed by atoms with Crippen molar-refractivity contribution < 1.29 is 13.2 Å². The number of nitrogens with two attached hydrogens (primary N) is 1. The molecule has 0 radical (unpaired) electrons. The van der Waals surface area contributed by atoms with Gasteiger partial charge in [-0.25, -0.2) is 8.78 Å². The van der Waals surface area contributed by atoms with Crippen LogP contribution in [0.4, 0.5) is 8.78 Å². The van der Waals surface area contributed by atoms with Crippen molar-refractivity contribution in [1.82, 2.24) is 0 Å². The highest BCUT2D eigenvalue weighted by molar-refractivity contribution is 5.30. The Morgan fingerprint density at radius 1 is 1.17 bits per heavy atom. The Labute approximate surface area is 104 Å². The molecule has 1 aromatic heterocycles. The minimum atomic E-state index is -0.826. The van der Waals surface area contributed by atoms with Gasteiger partial charge in [0.15, 0.2) is 0 Å². The van der Waals surface area contributed by atoms with Gasteiger partial charge in [0.2, 0.25) is 0 Å². The van der Waals surface area contributed by atoms with Crippen LogP contribution in [-0.4, -0.2) is 6.54 Å². The number of rotatable bonds is 4. The molecule has 2 nitrogen and oxygen atoms in total. The molecule has 0 aliphatic carbocycles. The second-order valence-corrected chi connectivity index (χ2v) is 4.62. The SMILES string of the molecule is CC(CN)(Cc1ccco1)c1c(F)cccc1F. The van der Waals surface area contributed by atoms with E-state index in [1.54, 1.807) is 19.1 Å². The fraction of sp³-hybridized carbons (Fsp3) is 0.286. The summed E-state index contributed by atoms with van der Waals surface area (Å²) in [4.78, 5) is 0. The standard InChI is InChI=1S/C14H15F2NO/c1-14(9-17,8-10-4-3-7-18-10)13-11(15)5-2-6-12(13)16/h2-7H,8-9,17H2,1H3. The summed E-state index contributed by atoms with van der Waals surface area (Å²) in [6.45, 7) is 1.86. The summed E-state index contributed by atoms with van der Waals surface area (Å²) in [5, 5.41) is 0. The molecule has 0 aliphatic heterocycles. The first-order chi connectivity index (χ1) is 8.57. The van der Waals surface area contributed by atoms with Gasteiger partial charge in [0.1, 0.15) is 17.4 Å².